The van der Waals surface area contributed by atoms with Gasteiger partial charge in [0.05, 0.1) is 7.11 Å². The summed E-state index contributed by atoms with van der Waals surface area (Å²) in [5.74, 6) is 0.359. The Balaban J connectivity index is 2.06. The molecule has 3 rings (SSSR count). The number of nitrogens with one attached hydrogen (secondary N) is 1. The van der Waals surface area contributed by atoms with Gasteiger partial charge in [-0.15, -0.1) is 0 Å². The maximum Gasteiger partial charge on any atom is 0.128 e. The summed E-state index contributed by atoms with van der Waals surface area (Å²) in [5, 5.41) is 10.9. The van der Waals surface area contributed by atoms with Gasteiger partial charge in [-0.05, 0) is 53.4 Å². The molecule has 0 fully saturated rings. The van der Waals surface area contributed by atoms with Crippen molar-refractivity contribution in [2.75, 3.05) is 18.3 Å². The lowest BCUT2D eigenvalue weighted by atomic mass is 9.95. The van der Waals surface area contributed by atoms with Crippen LogP contribution in [-0.4, -0.2) is 7.11 Å². The molecule has 3 aromatic rings. The Bertz CT molecular complexity index is 879. The van der Waals surface area contributed by atoms with Crippen LogP contribution in [0.3, 0.4) is 0 Å². The molecule has 5 heteroatoms. The largest absolute Gasteiger partial charge is 0.761 e. The fourth-order valence-corrected chi connectivity index (χ4v) is 2.83. The summed E-state index contributed by atoms with van der Waals surface area (Å²) in [6, 6.07) is 17.1. The molecule has 0 spiro atoms. The number of ether oxygens (including phenoxy) is 1. The fourth-order valence-electron chi connectivity index (χ4n) is 2.83. The molecule has 25 heavy (non-hydrogen) atoms. The van der Waals surface area contributed by atoms with Crippen LogP contribution in [0, 0.1) is 11.0 Å². The molecule has 128 valence electrons. The van der Waals surface area contributed by atoms with Crippen molar-refractivity contribution in [3.63, 3.8) is 0 Å². The minimum atomic E-state index is -0.269. The van der Waals surface area contributed by atoms with Gasteiger partial charge in [0.2, 0.25) is 0 Å². The van der Waals surface area contributed by atoms with Crippen molar-refractivity contribution in [1.29, 1.82) is 0 Å². The number of benzene rings is 3. The van der Waals surface area contributed by atoms with Crippen LogP contribution >= 0.6 is 0 Å². The minimum absolute atomic E-state index is 0.269. The second-order valence-electron chi connectivity index (χ2n) is 5.70. The Kier molecular flexibility index (Phi) is 4.86. The first-order chi connectivity index (χ1) is 12.1. The van der Waals surface area contributed by atoms with E-state index < -0.39 is 0 Å². The zero-order chi connectivity index (χ0) is 17.8. The lowest BCUT2D eigenvalue weighted by Gasteiger charge is -2.17. The number of anilines is 2. The van der Waals surface area contributed by atoms with E-state index in [9.17, 15) is 9.60 Å². The van der Waals surface area contributed by atoms with Gasteiger partial charge < -0.3 is 21.2 Å². The third-order valence-corrected chi connectivity index (χ3v) is 4.09. The van der Waals surface area contributed by atoms with Gasteiger partial charge in [0, 0.05) is 16.9 Å². The third-order valence-electron chi connectivity index (χ3n) is 4.09. The lowest BCUT2D eigenvalue weighted by Crippen LogP contribution is -2.01. The predicted octanol–water partition coefficient (Wildman–Crippen LogP) is 4.58. The molecule has 4 nitrogen and oxygen atoms in total. The Morgan fingerprint density at radius 3 is 2.52 bits per heavy atom. The van der Waals surface area contributed by atoms with Crippen molar-refractivity contribution in [2.45, 2.75) is 6.42 Å². The van der Waals surface area contributed by atoms with Gasteiger partial charge in [-0.3, -0.25) is 0 Å². The van der Waals surface area contributed by atoms with E-state index in [-0.39, 0.29) is 5.82 Å². The highest BCUT2D eigenvalue weighted by molar-refractivity contribution is 5.85. The average Bonchev–Trinajstić information content (AvgIpc) is 2.65. The summed E-state index contributed by atoms with van der Waals surface area (Å²) < 4.78 is 18.5. The zero-order valence-electron chi connectivity index (χ0n) is 13.8. The van der Waals surface area contributed by atoms with Crippen LogP contribution < -0.4 is 16.0 Å². The van der Waals surface area contributed by atoms with Crippen LogP contribution in [0.4, 0.5) is 15.8 Å². The zero-order valence-corrected chi connectivity index (χ0v) is 13.8. The summed E-state index contributed by atoms with van der Waals surface area (Å²) in [5.41, 5.74) is 12.7. The highest BCUT2D eigenvalue weighted by atomic mass is 19.1. The molecule has 0 saturated heterocycles. The first-order valence-corrected chi connectivity index (χ1v) is 7.80. The van der Waals surface area contributed by atoms with Gasteiger partial charge >= 0.3 is 0 Å². The van der Waals surface area contributed by atoms with Gasteiger partial charge in [-0.2, -0.15) is 0 Å². The molecular formula is C20H18FN2O2-. The molecule has 0 saturated carbocycles. The van der Waals surface area contributed by atoms with Crippen LogP contribution in [0.15, 0.2) is 60.7 Å². The van der Waals surface area contributed by atoms with Gasteiger partial charge in [-0.25, -0.2) is 4.39 Å². The number of halogens is 1. The minimum Gasteiger partial charge on any atom is -0.761 e. The van der Waals surface area contributed by atoms with E-state index in [1.807, 2.05) is 23.7 Å². The second-order valence-corrected chi connectivity index (χ2v) is 5.70. The van der Waals surface area contributed by atoms with E-state index in [2.05, 4.69) is 0 Å². The van der Waals surface area contributed by atoms with Gasteiger partial charge in [-0.1, -0.05) is 30.3 Å². The number of hydrogen-bond acceptors (Lipinski definition) is 4. The summed E-state index contributed by atoms with van der Waals surface area (Å²) in [6.45, 7) is 0. The van der Waals surface area contributed by atoms with Gasteiger partial charge in [0.1, 0.15) is 11.6 Å². The quantitative estimate of drug-likeness (QED) is 0.528. The van der Waals surface area contributed by atoms with Crippen LogP contribution in [0.2, 0.25) is 0 Å². The maximum atomic E-state index is 13.1. The van der Waals surface area contributed by atoms with Crippen molar-refractivity contribution in [2.24, 2.45) is 0 Å². The molecule has 0 aliphatic carbocycles. The first kappa shape index (κ1) is 16.8. The summed E-state index contributed by atoms with van der Waals surface area (Å²) in [6.07, 6.45) is 0.572. The molecular weight excluding hydrogens is 319 g/mol. The van der Waals surface area contributed by atoms with Crippen molar-refractivity contribution in [1.82, 2.24) is 0 Å². The first-order valence-electron chi connectivity index (χ1n) is 7.80. The lowest BCUT2D eigenvalue weighted by molar-refractivity contribution is 0.416. The Hall–Kier alpha value is -3.05. The molecule has 3 N–H and O–H groups in total. The van der Waals surface area contributed by atoms with Crippen LogP contribution in [0.1, 0.15) is 11.1 Å². The van der Waals surface area contributed by atoms with E-state index in [0.29, 0.717) is 23.5 Å². The molecule has 0 unspecified atom stereocenters. The molecule has 0 atom stereocenters. The number of nitrogen functional groups attached to an aromatic ring is 1. The summed E-state index contributed by atoms with van der Waals surface area (Å²) in [4.78, 5) is 0. The van der Waals surface area contributed by atoms with Crippen molar-refractivity contribution >= 4 is 11.4 Å². The number of rotatable bonds is 5. The molecule has 0 aliphatic rings. The molecule has 0 radical (unpaired) electrons. The summed E-state index contributed by atoms with van der Waals surface area (Å²) >= 11 is 0. The van der Waals surface area contributed by atoms with Crippen LogP contribution in [0.25, 0.3) is 11.1 Å². The smallest absolute Gasteiger partial charge is 0.128 e. The number of hydrogen-bond donors (Lipinski definition) is 2. The second kappa shape index (κ2) is 7.23. The van der Waals surface area contributed by atoms with Crippen molar-refractivity contribution in [3.05, 3.63) is 82.8 Å². The third kappa shape index (κ3) is 3.56. The molecule has 0 bridgehead atoms. The predicted molar refractivity (Wildman–Crippen MR) is 99.0 cm³/mol. The molecule has 0 aliphatic heterocycles. The highest BCUT2D eigenvalue weighted by Gasteiger charge is 2.14. The fraction of sp³-hybridized carbons (Fsp3) is 0.100. The molecule has 0 amide bonds. The van der Waals surface area contributed by atoms with Gasteiger partial charge in [0.15, 0.2) is 0 Å². The maximum absolute atomic E-state index is 13.1. The SMILES string of the molecule is COc1ccc(Cc2ccc(F)cc2)c(N)c1-c1cccc(N[O-])c1. The van der Waals surface area contributed by atoms with E-state index in [4.69, 9.17) is 10.5 Å². The van der Waals surface area contributed by atoms with Crippen LogP contribution in [-0.2, 0) is 6.42 Å². The Labute approximate surface area is 145 Å². The van der Waals surface area contributed by atoms with Crippen molar-refractivity contribution in [3.8, 4) is 16.9 Å². The monoisotopic (exact) mass is 337 g/mol. The topological polar surface area (TPSA) is 70.3 Å². The van der Waals surface area contributed by atoms with E-state index in [1.54, 1.807) is 37.4 Å². The normalized spacial score (nSPS) is 10.5. The Morgan fingerprint density at radius 2 is 1.84 bits per heavy atom. The highest BCUT2D eigenvalue weighted by Crippen LogP contribution is 2.39. The molecule has 0 aromatic heterocycles. The van der Waals surface area contributed by atoms with Gasteiger partial charge in [0.25, 0.3) is 0 Å². The van der Waals surface area contributed by atoms with E-state index in [1.165, 1.54) is 12.1 Å². The number of nitrogens with two attached hydrogens (primary N) is 1. The molecule has 3 aromatic carbocycles. The van der Waals surface area contributed by atoms with E-state index in [0.717, 1.165) is 22.3 Å². The Morgan fingerprint density at radius 1 is 1.08 bits per heavy atom. The van der Waals surface area contributed by atoms with Crippen molar-refractivity contribution < 1.29 is 9.13 Å². The standard InChI is InChI=1S/C20H18FN2O2/c1-25-18-10-7-15(11-13-5-8-16(21)9-6-13)20(22)19(18)14-3-2-4-17(12-14)23-24/h2-10,12,23H,11,22H2,1H3/q-1. The molecule has 0 heterocycles. The average molecular weight is 337 g/mol. The van der Waals surface area contributed by atoms with Crippen LogP contribution in [0.5, 0.6) is 5.75 Å². The number of methoxy groups -OCH3 is 1. The summed E-state index contributed by atoms with van der Waals surface area (Å²) in [7, 11) is 1.58. The van der Waals surface area contributed by atoms with E-state index >= 15 is 0 Å².